The van der Waals surface area contributed by atoms with Crippen LogP contribution < -0.4 is 5.32 Å². The van der Waals surface area contributed by atoms with Gasteiger partial charge in [0.2, 0.25) is 0 Å². The van der Waals surface area contributed by atoms with Crippen LogP contribution in [0.2, 0.25) is 0 Å². The summed E-state index contributed by atoms with van der Waals surface area (Å²) in [6, 6.07) is 11.6. The third-order valence-corrected chi connectivity index (χ3v) is 4.54. The number of aryl methyl sites for hydroxylation is 2. The van der Waals surface area contributed by atoms with Gasteiger partial charge in [-0.15, -0.1) is 0 Å². The van der Waals surface area contributed by atoms with Gasteiger partial charge >= 0.3 is 0 Å². The Bertz CT molecular complexity index is 606. The number of pyridine rings is 1. The van der Waals surface area contributed by atoms with Crippen LogP contribution >= 0.6 is 0 Å². The van der Waals surface area contributed by atoms with E-state index in [-0.39, 0.29) is 0 Å². The minimum absolute atomic E-state index is 0.413. The Kier molecular flexibility index (Phi) is 4.35. The molecule has 2 nitrogen and oxygen atoms in total. The predicted octanol–water partition coefficient (Wildman–Crippen LogP) is 3.85. The van der Waals surface area contributed by atoms with E-state index < -0.39 is 0 Å². The molecule has 0 saturated heterocycles. The molecular weight excluding hydrogens is 256 g/mol. The van der Waals surface area contributed by atoms with Crippen molar-refractivity contribution in [1.29, 1.82) is 0 Å². The van der Waals surface area contributed by atoms with Crippen molar-refractivity contribution in [2.24, 2.45) is 5.92 Å². The van der Waals surface area contributed by atoms with Crippen LogP contribution in [0, 0.1) is 12.8 Å². The van der Waals surface area contributed by atoms with E-state index in [1.807, 2.05) is 12.4 Å². The molecule has 0 saturated carbocycles. The number of nitrogens with one attached hydrogen (secondary N) is 1. The summed E-state index contributed by atoms with van der Waals surface area (Å²) in [5.41, 5.74) is 5.64. The first-order chi connectivity index (χ1) is 10.3. The minimum Gasteiger partial charge on any atom is -0.310 e. The average Bonchev–Trinajstić information content (AvgIpc) is 2.52. The summed E-state index contributed by atoms with van der Waals surface area (Å²) in [5.74, 6) is 0.656. The molecule has 1 N–H and O–H groups in total. The molecule has 2 heteroatoms. The quantitative estimate of drug-likeness (QED) is 0.920. The van der Waals surface area contributed by atoms with Crippen LogP contribution in [0.5, 0.6) is 0 Å². The molecule has 1 aromatic heterocycles. The van der Waals surface area contributed by atoms with Crippen LogP contribution in [0.15, 0.2) is 42.7 Å². The van der Waals surface area contributed by atoms with Crippen LogP contribution in [0.25, 0.3) is 0 Å². The number of hydrogen-bond donors (Lipinski definition) is 1. The predicted molar refractivity (Wildman–Crippen MR) is 87.3 cm³/mol. The molecule has 0 fully saturated rings. The number of hydrogen-bond acceptors (Lipinski definition) is 2. The number of rotatable bonds is 4. The molecule has 3 rings (SSSR count). The van der Waals surface area contributed by atoms with Crippen LogP contribution in [-0.4, -0.2) is 11.5 Å². The first-order valence-electron chi connectivity index (χ1n) is 7.99. The Labute approximate surface area is 127 Å². The molecule has 110 valence electrons. The molecule has 2 unspecified atom stereocenters. The summed E-state index contributed by atoms with van der Waals surface area (Å²) in [6.45, 7) is 5.30. The highest BCUT2D eigenvalue weighted by Crippen LogP contribution is 2.34. The Morgan fingerprint density at radius 1 is 1.24 bits per heavy atom. The Morgan fingerprint density at radius 3 is 2.81 bits per heavy atom. The summed E-state index contributed by atoms with van der Waals surface area (Å²) in [5, 5.41) is 3.69. The topological polar surface area (TPSA) is 24.9 Å². The maximum absolute atomic E-state index is 4.39. The number of benzene rings is 1. The van der Waals surface area contributed by atoms with Gasteiger partial charge in [0, 0.05) is 18.4 Å². The van der Waals surface area contributed by atoms with Gasteiger partial charge in [-0.25, -0.2) is 0 Å². The van der Waals surface area contributed by atoms with Gasteiger partial charge in [-0.2, -0.15) is 0 Å². The monoisotopic (exact) mass is 280 g/mol. The van der Waals surface area contributed by atoms with E-state index in [4.69, 9.17) is 0 Å². The molecule has 0 amide bonds. The molecule has 1 aromatic carbocycles. The van der Waals surface area contributed by atoms with Gasteiger partial charge in [-0.1, -0.05) is 37.3 Å². The molecule has 0 spiro atoms. The molecule has 1 heterocycles. The summed E-state index contributed by atoms with van der Waals surface area (Å²) in [4.78, 5) is 4.39. The van der Waals surface area contributed by atoms with E-state index in [1.54, 1.807) is 0 Å². The number of aromatic nitrogens is 1. The van der Waals surface area contributed by atoms with E-state index in [9.17, 15) is 0 Å². The van der Waals surface area contributed by atoms with Gasteiger partial charge in [-0.05, 0) is 60.9 Å². The maximum atomic E-state index is 4.39. The zero-order valence-corrected chi connectivity index (χ0v) is 13.0. The highest BCUT2D eigenvalue weighted by molar-refractivity contribution is 5.31. The molecule has 0 bridgehead atoms. The lowest BCUT2D eigenvalue weighted by Gasteiger charge is -2.32. The van der Waals surface area contributed by atoms with Crippen LogP contribution in [0.4, 0.5) is 0 Å². The highest BCUT2D eigenvalue weighted by Gasteiger charge is 2.27. The lowest BCUT2D eigenvalue weighted by molar-refractivity contribution is 0.330. The van der Waals surface area contributed by atoms with E-state index >= 15 is 0 Å². The van der Waals surface area contributed by atoms with E-state index in [2.05, 4.69) is 54.5 Å². The third kappa shape index (κ3) is 3.16. The van der Waals surface area contributed by atoms with E-state index in [0.717, 1.165) is 6.54 Å². The Balaban J connectivity index is 1.85. The lowest BCUT2D eigenvalue weighted by Crippen LogP contribution is -2.32. The van der Waals surface area contributed by atoms with Gasteiger partial charge in [0.1, 0.15) is 0 Å². The molecule has 2 atom stereocenters. The molecule has 2 aromatic rings. The fourth-order valence-corrected chi connectivity index (χ4v) is 3.54. The van der Waals surface area contributed by atoms with Crippen molar-refractivity contribution in [3.8, 4) is 0 Å². The van der Waals surface area contributed by atoms with Crippen molar-refractivity contribution in [1.82, 2.24) is 10.3 Å². The van der Waals surface area contributed by atoms with E-state index in [1.165, 1.54) is 41.5 Å². The third-order valence-electron chi connectivity index (χ3n) is 4.54. The van der Waals surface area contributed by atoms with Crippen molar-refractivity contribution in [3.63, 3.8) is 0 Å². The Hall–Kier alpha value is -1.67. The smallest absolute Gasteiger partial charge is 0.0367 e. The van der Waals surface area contributed by atoms with Crippen LogP contribution in [0.1, 0.15) is 41.6 Å². The number of fused-ring (bicyclic) bond motifs is 1. The zero-order valence-electron chi connectivity index (χ0n) is 13.0. The van der Waals surface area contributed by atoms with Gasteiger partial charge in [0.15, 0.2) is 0 Å². The molecular formula is C19H24N2. The second-order valence-corrected chi connectivity index (χ2v) is 6.10. The maximum Gasteiger partial charge on any atom is 0.0367 e. The molecule has 1 aliphatic carbocycles. The number of nitrogens with zero attached hydrogens (tertiary/aromatic N) is 1. The molecule has 0 aliphatic heterocycles. The highest BCUT2D eigenvalue weighted by atomic mass is 14.9. The van der Waals surface area contributed by atoms with Gasteiger partial charge < -0.3 is 5.32 Å². The molecule has 1 aliphatic rings. The summed E-state index contributed by atoms with van der Waals surface area (Å²) in [7, 11) is 0. The fraction of sp³-hybridized carbons (Fsp3) is 0.421. The molecule has 21 heavy (non-hydrogen) atoms. The normalized spacial score (nSPS) is 19.0. The van der Waals surface area contributed by atoms with Crippen molar-refractivity contribution in [3.05, 3.63) is 65.0 Å². The molecule has 0 radical (unpaired) electrons. The summed E-state index contributed by atoms with van der Waals surface area (Å²) >= 11 is 0. The first kappa shape index (κ1) is 14.3. The summed E-state index contributed by atoms with van der Waals surface area (Å²) < 4.78 is 0. The van der Waals surface area contributed by atoms with Gasteiger partial charge in [0.25, 0.3) is 0 Å². The van der Waals surface area contributed by atoms with Crippen molar-refractivity contribution in [2.45, 2.75) is 39.2 Å². The Morgan fingerprint density at radius 2 is 2.05 bits per heavy atom. The average molecular weight is 280 g/mol. The minimum atomic E-state index is 0.413. The summed E-state index contributed by atoms with van der Waals surface area (Å²) in [6.07, 6.45) is 7.58. The van der Waals surface area contributed by atoms with E-state index in [0.29, 0.717) is 12.0 Å². The lowest BCUT2D eigenvalue weighted by atomic mass is 9.78. The standard InChI is InChI=1S/C19H24N2/c1-3-21-19(18-10-14(2)12-20-13-18)17-9-8-15-6-4-5-7-16(15)11-17/h4-7,10,12-13,17,19,21H,3,8-9,11H2,1-2H3. The van der Waals surface area contributed by atoms with Crippen LogP contribution in [0.3, 0.4) is 0 Å². The zero-order chi connectivity index (χ0) is 14.7. The fourth-order valence-electron chi connectivity index (χ4n) is 3.54. The second kappa shape index (κ2) is 6.40. The SMILES string of the molecule is CCNC(c1cncc(C)c1)C1CCc2ccccc2C1. The van der Waals surface area contributed by atoms with Crippen molar-refractivity contribution in [2.75, 3.05) is 6.54 Å². The first-order valence-corrected chi connectivity index (χ1v) is 7.99. The van der Waals surface area contributed by atoms with Gasteiger partial charge in [-0.3, -0.25) is 4.98 Å². The van der Waals surface area contributed by atoms with Crippen molar-refractivity contribution >= 4 is 0 Å². The second-order valence-electron chi connectivity index (χ2n) is 6.10. The van der Waals surface area contributed by atoms with Crippen LogP contribution in [-0.2, 0) is 12.8 Å². The largest absolute Gasteiger partial charge is 0.310 e. The van der Waals surface area contributed by atoms with Crippen molar-refractivity contribution < 1.29 is 0 Å². The van der Waals surface area contributed by atoms with Gasteiger partial charge in [0.05, 0.1) is 0 Å².